The summed E-state index contributed by atoms with van der Waals surface area (Å²) in [4.78, 5) is 16.0. The van der Waals surface area contributed by atoms with Gasteiger partial charge in [0.15, 0.2) is 5.96 Å². The van der Waals surface area contributed by atoms with Gasteiger partial charge in [-0.15, -0.1) is 0 Å². The molecule has 0 heterocycles. The van der Waals surface area contributed by atoms with E-state index in [4.69, 9.17) is 4.99 Å². The summed E-state index contributed by atoms with van der Waals surface area (Å²) in [6.07, 6.45) is 2.14. The van der Waals surface area contributed by atoms with Gasteiger partial charge in [0.25, 0.3) is 0 Å². The molecule has 0 amide bonds. The molecule has 0 radical (unpaired) electrons. The first-order valence-electron chi connectivity index (χ1n) is 9.93. The van der Waals surface area contributed by atoms with E-state index in [2.05, 4.69) is 70.8 Å². The van der Waals surface area contributed by atoms with Gasteiger partial charge in [-0.05, 0) is 30.9 Å². The van der Waals surface area contributed by atoms with E-state index < -0.39 is 0 Å². The van der Waals surface area contributed by atoms with Gasteiger partial charge in [-0.1, -0.05) is 60.7 Å². The van der Waals surface area contributed by atoms with Gasteiger partial charge >= 0.3 is 5.97 Å². The van der Waals surface area contributed by atoms with Crippen LogP contribution in [0.4, 0.5) is 0 Å². The molecule has 2 rings (SSSR count). The number of guanidine groups is 1. The van der Waals surface area contributed by atoms with Crippen molar-refractivity contribution in [2.45, 2.75) is 32.1 Å². The quantitative estimate of drug-likeness (QED) is 0.285. The predicted octanol–water partition coefficient (Wildman–Crippen LogP) is 3.72. The van der Waals surface area contributed by atoms with Crippen molar-refractivity contribution in [2.24, 2.45) is 4.99 Å². The van der Waals surface area contributed by atoms with Gasteiger partial charge in [-0.25, -0.2) is 0 Å². The molecule has 0 aliphatic rings. The van der Waals surface area contributed by atoms with Crippen LogP contribution < -0.4 is 10.6 Å². The van der Waals surface area contributed by atoms with Crippen molar-refractivity contribution in [1.29, 1.82) is 0 Å². The minimum atomic E-state index is -0.158. The normalized spacial score (nSPS) is 11.3. The third kappa shape index (κ3) is 7.43. The largest absolute Gasteiger partial charge is 0.469 e. The Balaban J connectivity index is 1.99. The molecule has 5 nitrogen and oxygen atoms in total. The standard InChI is InChI=1S/C23H31N3O2/c1-3-24-23(25-17-11-10-16-22(27)28-2)26-18-21(19-12-6-4-7-13-19)20-14-8-5-9-15-20/h4-9,12-15,21H,3,10-11,16-18H2,1-2H3,(H2,24,25,26). The monoisotopic (exact) mass is 381 g/mol. The summed E-state index contributed by atoms with van der Waals surface area (Å²) >= 11 is 0. The van der Waals surface area contributed by atoms with Gasteiger partial charge in [-0.2, -0.15) is 0 Å². The lowest BCUT2D eigenvalue weighted by atomic mass is 9.91. The molecular formula is C23H31N3O2. The van der Waals surface area contributed by atoms with Crippen molar-refractivity contribution < 1.29 is 9.53 Å². The fourth-order valence-electron chi connectivity index (χ4n) is 3.00. The second kappa shape index (κ2) is 12.5. The fraction of sp³-hybridized carbons (Fsp3) is 0.391. The molecule has 5 heteroatoms. The number of rotatable bonds is 10. The molecule has 2 aromatic rings. The number of nitrogens with one attached hydrogen (secondary N) is 2. The minimum Gasteiger partial charge on any atom is -0.469 e. The Morgan fingerprint density at radius 2 is 1.57 bits per heavy atom. The average Bonchev–Trinajstić information content (AvgIpc) is 2.74. The Labute approximate surface area is 168 Å². The number of carbonyl (C=O) groups excluding carboxylic acids is 1. The van der Waals surface area contributed by atoms with Crippen LogP contribution in [0.1, 0.15) is 43.2 Å². The third-order valence-corrected chi connectivity index (χ3v) is 4.51. The van der Waals surface area contributed by atoms with Crippen LogP contribution in [0.3, 0.4) is 0 Å². The molecule has 28 heavy (non-hydrogen) atoms. The van der Waals surface area contributed by atoms with Crippen LogP contribution in [0.2, 0.25) is 0 Å². The van der Waals surface area contributed by atoms with Crippen LogP contribution in [0.25, 0.3) is 0 Å². The van der Waals surface area contributed by atoms with Crippen molar-refractivity contribution in [1.82, 2.24) is 10.6 Å². The van der Waals surface area contributed by atoms with Crippen molar-refractivity contribution in [2.75, 3.05) is 26.7 Å². The van der Waals surface area contributed by atoms with Crippen molar-refractivity contribution in [3.63, 3.8) is 0 Å². The molecule has 2 aromatic carbocycles. The number of esters is 1. The van der Waals surface area contributed by atoms with Gasteiger partial charge in [-0.3, -0.25) is 9.79 Å². The zero-order chi connectivity index (χ0) is 20.0. The van der Waals surface area contributed by atoms with E-state index in [9.17, 15) is 4.79 Å². The van der Waals surface area contributed by atoms with E-state index in [0.717, 1.165) is 31.9 Å². The molecule has 0 aliphatic carbocycles. The van der Waals surface area contributed by atoms with Crippen LogP contribution in [0, 0.1) is 0 Å². The maximum Gasteiger partial charge on any atom is 0.305 e. The molecule has 0 spiro atoms. The Morgan fingerprint density at radius 1 is 0.964 bits per heavy atom. The lowest BCUT2D eigenvalue weighted by Crippen LogP contribution is -2.38. The molecular weight excluding hydrogens is 350 g/mol. The zero-order valence-corrected chi connectivity index (χ0v) is 16.9. The molecule has 0 unspecified atom stereocenters. The smallest absolute Gasteiger partial charge is 0.305 e. The molecule has 0 atom stereocenters. The lowest BCUT2D eigenvalue weighted by Gasteiger charge is -2.18. The predicted molar refractivity (Wildman–Crippen MR) is 115 cm³/mol. The summed E-state index contributed by atoms with van der Waals surface area (Å²) in [5.74, 6) is 0.851. The molecule has 0 fully saturated rings. The topological polar surface area (TPSA) is 62.7 Å². The van der Waals surface area contributed by atoms with Gasteiger partial charge in [0.1, 0.15) is 0 Å². The number of ether oxygens (including phenoxy) is 1. The summed E-state index contributed by atoms with van der Waals surface area (Å²) in [7, 11) is 1.42. The highest BCUT2D eigenvalue weighted by Gasteiger charge is 2.13. The Hall–Kier alpha value is -2.82. The Bertz CT molecular complexity index is 678. The summed E-state index contributed by atoms with van der Waals surface area (Å²) < 4.78 is 4.67. The molecule has 0 aliphatic heterocycles. The second-order valence-electron chi connectivity index (χ2n) is 6.55. The molecule has 0 bridgehead atoms. The van der Waals surface area contributed by atoms with Crippen molar-refractivity contribution in [3.05, 3.63) is 71.8 Å². The highest BCUT2D eigenvalue weighted by molar-refractivity contribution is 5.79. The van der Waals surface area contributed by atoms with Gasteiger partial charge in [0.05, 0.1) is 13.7 Å². The average molecular weight is 382 g/mol. The van der Waals surface area contributed by atoms with Gasteiger partial charge in [0, 0.05) is 25.4 Å². The highest BCUT2D eigenvalue weighted by atomic mass is 16.5. The molecule has 0 saturated carbocycles. The number of carbonyl (C=O) groups is 1. The first-order valence-corrected chi connectivity index (χ1v) is 9.93. The minimum absolute atomic E-state index is 0.158. The SMILES string of the molecule is CCNC(=NCC(c1ccccc1)c1ccccc1)NCCCCC(=O)OC. The molecule has 0 saturated heterocycles. The van der Waals surface area contributed by atoms with Crippen LogP contribution in [0.5, 0.6) is 0 Å². The van der Waals surface area contributed by atoms with Crippen molar-refractivity contribution in [3.8, 4) is 0 Å². The second-order valence-corrected chi connectivity index (χ2v) is 6.55. The number of nitrogens with zero attached hydrogens (tertiary/aromatic N) is 1. The van der Waals surface area contributed by atoms with E-state index in [0.29, 0.717) is 13.0 Å². The van der Waals surface area contributed by atoms with E-state index in [1.165, 1.54) is 18.2 Å². The van der Waals surface area contributed by atoms with Crippen LogP contribution >= 0.6 is 0 Å². The number of hydrogen-bond donors (Lipinski definition) is 2. The summed E-state index contributed by atoms with van der Waals surface area (Å²) in [5.41, 5.74) is 2.51. The molecule has 0 aromatic heterocycles. The number of hydrogen-bond acceptors (Lipinski definition) is 3. The number of benzene rings is 2. The highest BCUT2D eigenvalue weighted by Crippen LogP contribution is 2.24. The maximum absolute atomic E-state index is 11.2. The number of unbranched alkanes of at least 4 members (excludes halogenated alkanes) is 1. The van der Waals surface area contributed by atoms with Crippen LogP contribution in [0.15, 0.2) is 65.7 Å². The van der Waals surface area contributed by atoms with Crippen molar-refractivity contribution >= 4 is 11.9 Å². The number of methoxy groups -OCH3 is 1. The Kier molecular flexibility index (Phi) is 9.62. The summed E-state index contributed by atoms with van der Waals surface area (Å²) in [6, 6.07) is 21.0. The van der Waals surface area contributed by atoms with E-state index in [1.807, 2.05) is 12.1 Å². The Morgan fingerprint density at radius 3 is 2.11 bits per heavy atom. The van der Waals surface area contributed by atoms with Crippen LogP contribution in [-0.2, 0) is 9.53 Å². The van der Waals surface area contributed by atoms with Crippen LogP contribution in [-0.4, -0.2) is 38.7 Å². The lowest BCUT2D eigenvalue weighted by molar-refractivity contribution is -0.140. The van der Waals surface area contributed by atoms with E-state index in [1.54, 1.807) is 0 Å². The maximum atomic E-state index is 11.2. The fourth-order valence-corrected chi connectivity index (χ4v) is 3.00. The number of aliphatic imine (C=N–C) groups is 1. The third-order valence-electron chi connectivity index (χ3n) is 4.51. The van der Waals surface area contributed by atoms with Gasteiger partial charge in [0.2, 0.25) is 0 Å². The van der Waals surface area contributed by atoms with Gasteiger partial charge < -0.3 is 15.4 Å². The summed E-state index contributed by atoms with van der Waals surface area (Å²) in [5, 5.41) is 6.66. The van der Waals surface area contributed by atoms with E-state index >= 15 is 0 Å². The summed E-state index contributed by atoms with van der Waals surface area (Å²) in [6.45, 7) is 4.28. The first kappa shape index (κ1) is 21.5. The zero-order valence-electron chi connectivity index (χ0n) is 16.9. The molecule has 150 valence electrons. The molecule has 2 N–H and O–H groups in total. The first-order chi connectivity index (χ1) is 13.7. The van der Waals surface area contributed by atoms with E-state index in [-0.39, 0.29) is 11.9 Å².